The van der Waals surface area contributed by atoms with Gasteiger partial charge in [-0.25, -0.2) is 4.79 Å². The lowest BCUT2D eigenvalue weighted by molar-refractivity contribution is -0.168. The molecule has 3 unspecified atom stereocenters. The van der Waals surface area contributed by atoms with Crippen molar-refractivity contribution in [2.75, 3.05) is 40.6 Å². The van der Waals surface area contributed by atoms with Crippen molar-refractivity contribution in [1.29, 1.82) is 0 Å². The zero-order valence-electron chi connectivity index (χ0n) is 23.4. The summed E-state index contributed by atoms with van der Waals surface area (Å²) in [5, 5.41) is 0. The van der Waals surface area contributed by atoms with Crippen molar-refractivity contribution in [3.8, 4) is 0 Å². The van der Waals surface area contributed by atoms with Gasteiger partial charge in [-0.05, 0) is 39.7 Å². The average molecular weight is 617 g/mol. The topological polar surface area (TPSA) is 141 Å². The summed E-state index contributed by atoms with van der Waals surface area (Å²) in [6, 6.07) is 9.58. The number of carbonyl (C=O) groups excluding carboxylic acids is 5. The fourth-order valence-corrected chi connectivity index (χ4v) is 4.40. The molecule has 0 aliphatic rings. The van der Waals surface area contributed by atoms with Crippen LogP contribution in [-0.4, -0.2) is 70.7 Å². The first-order chi connectivity index (χ1) is 18.1. The minimum atomic E-state index is -1.55. The normalized spacial score (nSPS) is 15.0. The molecule has 0 fully saturated rings. The number of halogens is 1. The first-order valence-electron chi connectivity index (χ1n) is 12.1. The SMILES string of the molecule is COC(=O)C(C)(COC(C)=O)COC(=O)OCC(C)(COC(=O)C(C)(C)CC(Br)c1ccccc1)C(=O)OC. The van der Waals surface area contributed by atoms with E-state index in [1.165, 1.54) is 13.8 Å². The third-order valence-corrected chi connectivity index (χ3v) is 6.75. The van der Waals surface area contributed by atoms with Crippen molar-refractivity contribution in [2.24, 2.45) is 16.2 Å². The summed E-state index contributed by atoms with van der Waals surface area (Å²) < 4.78 is 30.0. The first kappa shape index (κ1) is 33.9. The van der Waals surface area contributed by atoms with Gasteiger partial charge < -0.3 is 28.4 Å². The Morgan fingerprint density at radius 2 is 1.15 bits per heavy atom. The van der Waals surface area contributed by atoms with E-state index in [4.69, 9.17) is 28.4 Å². The maximum Gasteiger partial charge on any atom is 0.508 e. The van der Waals surface area contributed by atoms with Gasteiger partial charge >= 0.3 is 30.0 Å². The number of esters is 4. The van der Waals surface area contributed by atoms with Gasteiger partial charge in [0.1, 0.15) is 37.3 Å². The maximum atomic E-state index is 12.9. The lowest BCUT2D eigenvalue weighted by Gasteiger charge is -2.30. The summed E-state index contributed by atoms with van der Waals surface area (Å²) in [7, 11) is 2.29. The van der Waals surface area contributed by atoms with Crippen LogP contribution in [0.15, 0.2) is 30.3 Å². The molecule has 0 bridgehead atoms. The van der Waals surface area contributed by atoms with E-state index < -0.39 is 72.7 Å². The highest BCUT2D eigenvalue weighted by atomic mass is 79.9. The van der Waals surface area contributed by atoms with E-state index in [0.717, 1.165) is 26.7 Å². The van der Waals surface area contributed by atoms with Crippen LogP contribution < -0.4 is 0 Å². The third kappa shape index (κ3) is 10.5. The molecule has 0 saturated heterocycles. The van der Waals surface area contributed by atoms with Crippen LogP contribution in [0.1, 0.15) is 51.4 Å². The van der Waals surface area contributed by atoms with Crippen LogP contribution in [0.5, 0.6) is 0 Å². The molecule has 0 amide bonds. The zero-order valence-corrected chi connectivity index (χ0v) is 25.0. The minimum absolute atomic E-state index is 0.108. The van der Waals surface area contributed by atoms with Gasteiger partial charge in [-0.15, -0.1) is 0 Å². The van der Waals surface area contributed by atoms with Crippen LogP contribution in [0, 0.1) is 16.2 Å². The largest absolute Gasteiger partial charge is 0.508 e. The molecule has 0 aliphatic carbocycles. The molecule has 1 aromatic carbocycles. The molecule has 3 atom stereocenters. The smallest absolute Gasteiger partial charge is 0.468 e. The Balaban J connectivity index is 2.79. The molecule has 0 aliphatic heterocycles. The van der Waals surface area contributed by atoms with Gasteiger partial charge in [0, 0.05) is 11.8 Å². The predicted molar refractivity (Wildman–Crippen MR) is 142 cm³/mol. The summed E-state index contributed by atoms with van der Waals surface area (Å²) in [5.74, 6) is -2.74. The van der Waals surface area contributed by atoms with Crippen molar-refractivity contribution >= 4 is 46.0 Å². The van der Waals surface area contributed by atoms with E-state index in [-0.39, 0.29) is 4.83 Å². The average Bonchev–Trinajstić information content (AvgIpc) is 2.91. The standard InChI is InChI=1S/C27H37BrO11/c1-18(29)36-14-26(4,22(31)34-6)16-38-24(33)39-17-27(5,23(32)35-7)15-37-21(30)25(2,3)13-20(28)19-11-9-8-10-12-19/h8-12,20H,13-17H2,1-7H3. The van der Waals surface area contributed by atoms with Crippen LogP contribution >= 0.6 is 15.9 Å². The minimum Gasteiger partial charge on any atom is -0.468 e. The number of ether oxygens (including phenoxy) is 6. The Bertz CT molecular complexity index is 1010. The molecule has 0 radical (unpaired) electrons. The van der Waals surface area contributed by atoms with Gasteiger partial charge in [0.2, 0.25) is 0 Å². The Hall–Kier alpha value is -3.15. The van der Waals surface area contributed by atoms with Gasteiger partial charge in [0.05, 0.1) is 19.6 Å². The third-order valence-electron chi connectivity index (χ3n) is 5.89. The fraction of sp³-hybridized carbons (Fsp3) is 0.593. The number of carbonyl (C=O) groups is 5. The van der Waals surface area contributed by atoms with Gasteiger partial charge in [0.15, 0.2) is 0 Å². The molecule has 1 aromatic rings. The molecule has 1 rings (SSSR count). The lowest BCUT2D eigenvalue weighted by atomic mass is 9.86. The van der Waals surface area contributed by atoms with Crippen molar-refractivity contribution in [2.45, 2.75) is 45.9 Å². The highest BCUT2D eigenvalue weighted by Crippen LogP contribution is 2.37. The van der Waals surface area contributed by atoms with Gasteiger partial charge in [-0.1, -0.05) is 46.3 Å². The van der Waals surface area contributed by atoms with Crippen LogP contribution in [0.25, 0.3) is 0 Å². The highest BCUT2D eigenvalue weighted by molar-refractivity contribution is 9.09. The summed E-state index contributed by atoms with van der Waals surface area (Å²) in [6.07, 6.45) is -0.792. The summed E-state index contributed by atoms with van der Waals surface area (Å²) in [5.41, 5.74) is -2.95. The number of alkyl halides is 1. The molecule has 39 heavy (non-hydrogen) atoms. The Morgan fingerprint density at radius 3 is 1.59 bits per heavy atom. The van der Waals surface area contributed by atoms with Crippen LogP contribution in [-0.2, 0) is 47.6 Å². The van der Waals surface area contributed by atoms with Gasteiger partial charge in [-0.2, -0.15) is 0 Å². The number of hydrogen-bond acceptors (Lipinski definition) is 11. The number of hydrogen-bond donors (Lipinski definition) is 0. The van der Waals surface area contributed by atoms with E-state index in [9.17, 15) is 24.0 Å². The summed E-state index contributed by atoms with van der Waals surface area (Å²) in [4.78, 5) is 60.9. The Kier molecular flexibility index (Phi) is 12.9. The second-order valence-electron chi connectivity index (χ2n) is 10.3. The van der Waals surface area contributed by atoms with E-state index in [1.807, 2.05) is 30.3 Å². The Morgan fingerprint density at radius 1 is 0.718 bits per heavy atom. The number of benzene rings is 1. The van der Waals surface area contributed by atoms with Crippen molar-refractivity contribution < 1.29 is 52.4 Å². The van der Waals surface area contributed by atoms with Gasteiger partial charge in [0.25, 0.3) is 0 Å². The molecule has 0 saturated carbocycles. The molecule has 0 aromatic heterocycles. The monoisotopic (exact) mass is 616 g/mol. The lowest BCUT2D eigenvalue weighted by Crippen LogP contribution is -2.42. The molecule has 0 heterocycles. The highest BCUT2D eigenvalue weighted by Gasteiger charge is 2.42. The van der Waals surface area contributed by atoms with E-state index in [2.05, 4.69) is 15.9 Å². The van der Waals surface area contributed by atoms with E-state index in [1.54, 1.807) is 13.8 Å². The van der Waals surface area contributed by atoms with Crippen LogP contribution in [0.3, 0.4) is 0 Å². The Labute approximate surface area is 236 Å². The van der Waals surface area contributed by atoms with Crippen LogP contribution in [0.4, 0.5) is 4.79 Å². The quantitative estimate of drug-likeness (QED) is 0.169. The van der Waals surface area contributed by atoms with Crippen molar-refractivity contribution in [3.63, 3.8) is 0 Å². The molecule has 218 valence electrons. The summed E-state index contributed by atoms with van der Waals surface area (Å²) >= 11 is 3.61. The van der Waals surface area contributed by atoms with Crippen LogP contribution in [0.2, 0.25) is 0 Å². The van der Waals surface area contributed by atoms with E-state index in [0.29, 0.717) is 6.42 Å². The number of rotatable bonds is 14. The van der Waals surface area contributed by atoms with Gasteiger partial charge in [-0.3, -0.25) is 19.2 Å². The molecule has 0 N–H and O–H groups in total. The second kappa shape index (κ2) is 14.9. The predicted octanol–water partition coefficient (Wildman–Crippen LogP) is 4.16. The first-order valence-corrected chi connectivity index (χ1v) is 13.0. The van der Waals surface area contributed by atoms with Crippen molar-refractivity contribution in [3.05, 3.63) is 35.9 Å². The number of methoxy groups -OCH3 is 2. The summed E-state index contributed by atoms with van der Waals surface area (Å²) in [6.45, 7) is 5.50. The zero-order chi connectivity index (χ0) is 29.9. The fourth-order valence-electron chi connectivity index (χ4n) is 3.28. The van der Waals surface area contributed by atoms with E-state index >= 15 is 0 Å². The maximum absolute atomic E-state index is 12.9. The molecular weight excluding hydrogens is 580 g/mol. The molecule has 12 heteroatoms. The molecular formula is C27H37BrO11. The van der Waals surface area contributed by atoms with Crippen molar-refractivity contribution in [1.82, 2.24) is 0 Å². The molecule has 0 spiro atoms. The second-order valence-corrected chi connectivity index (χ2v) is 11.4. The molecule has 11 nitrogen and oxygen atoms in total.